The van der Waals surface area contributed by atoms with E-state index in [-0.39, 0.29) is 24.5 Å². The molecule has 0 aliphatic rings. The third kappa shape index (κ3) is 8.16. The van der Waals surface area contributed by atoms with Gasteiger partial charge in [0, 0.05) is 28.7 Å². The number of benzene rings is 2. The van der Waals surface area contributed by atoms with Gasteiger partial charge in [0.1, 0.15) is 12.4 Å². The molecule has 2 aromatic carbocycles. The van der Waals surface area contributed by atoms with Crippen molar-refractivity contribution in [3.8, 4) is 5.75 Å². The zero-order chi connectivity index (χ0) is 22.1. The zero-order valence-electron chi connectivity index (χ0n) is 17.9. The highest BCUT2D eigenvalue weighted by Crippen LogP contribution is 2.18. The maximum Gasteiger partial charge on any atom is 0.407 e. The number of ether oxygens (including phenoxy) is 2. The van der Waals surface area contributed by atoms with Gasteiger partial charge in [0.05, 0.1) is 13.7 Å². The van der Waals surface area contributed by atoms with E-state index in [0.29, 0.717) is 18.7 Å². The van der Waals surface area contributed by atoms with Crippen molar-refractivity contribution in [2.45, 2.75) is 32.9 Å². The van der Waals surface area contributed by atoms with Gasteiger partial charge in [-0.15, -0.1) is 0 Å². The fourth-order valence-electron chi connectivity index (χ4n) is 2.79. The highest BCUT2D eigenvalue weighted by Gasteiger charge is 2.18. The van der Waals surface area contributed by atoms with Crippen molar-refractivity contribution < 1.29 is 19.1 Å². The van der Waals surface area contributed by atoms with Crippen LogP contribution < -0.4 is 10.1 Å². The Morgan fingerprint density at radius 2 is 1.73 bits per heavy atom. The number of rotatable bonds is 9. The summed E-state index contributed by atoms with van der Waals surface area (Å²) >= 11 is 3.44. The molecule has 0 aliphatic heterocycles. The van der Waals surface area contributed by atoms with Crippen LogP contribution in [0.2, 0.25) is 0 Å². The van der Waals surface area contributed by atoms with Gasteiger partial charge in [0.2, 0.25) is 0 Å². The van der Waals surface area contributed by atoms with Crippen LogP contribution in [0.3, 0.4) is 0 Å². The molecule has 0 radical (unpaired) electrons. The summed E-state index contributed by atoms with van der Waals surface area (Å²) in [6, 6.07) is 15.0. The number of Topliss-reactive ketones (excluding diaryl/α,β-unsaturated/α-hetero) is 1. The smallest absolute Gasteiger partial charge is 0.407 e. The molecule has 162 valence electrons. The van der Waals surface area contributed by atoms with E-state index in [2.05, 4.69) is 21.2 Å². The van der Waals surface area contributed by atoms with Gasteiger partial charge in [-0.3, -0.25) is 9.69 Å². The highest BCUT2D eigenvalue weighted by atomic mass is 79.9. The number of carbonyl (C=O) groups excluding carboxylic acids is 2. The van der Waals surface area contributed by atoms with E-state index in [1.165, 1.54) is 0 Å². The van der Waals surface area contributed by atoms with Gasteiger partial charge in [-0.05, 0) is 44.5 Å². The van der Waals surface area contributed by atoms with Crippen molar-refractivity contribution in [1.29, 1.82) is 0 Å². The van der Waals surface area contributed by atoms with Crippen molar-refractivity contribution in [1.82, 2.24) is 10.2 Å². The summed E-state index contributed by atoms with van der Waals surface area (Å²) in [6.45, 7) is 7.03. The zero-order valence-corrected chi connectivity index (χ0v) is 19.5. The minimum absolute atomic E-state index is 0.00451. The molecule has 6 nitrogen and oxygen atoms in total. The van der Waals surface area contributed by atoms with E-state index < -0.39 is 6.09 Å². The first-order chi connectivity index (χ1) is 14.2. The summed E-state index contributed by atoms with van der Waals surface area (Å²) in [5.41, 5.74) is 1.30. The Morgan fingerprint density at radius 3 is 2.33 bits per heavy atom. The monoisotopic (exact) mass is 476 g/mol. The first kappa shape index (κ1) is 23.9. The van der Waals surface area contributed by atoms with Crippen LogP contribution in [0.15, 0.2) is 53.0 Å². The lowest BCUT2D eigenvalue weighted by molar-refractivity contribution is 0.0884. The van der Waals surface area contributed by atoms with E-state index in [1.54, 1.807) is 13.2 Å². The number of nitrogens with one attached hydrogen (secondary N) is 1. The van der Waals surface area contributed by atoms with Gasteiger partial charge in [0.15, 0.2) is 5.78 Å². The first-order valence-corrected chi connectivity index (χ1v) is 10.5. The summed E-state index contributed by atoms with van der Waals surface area (Å²) in [7, 11) is 1.62. The molecule has 1 N–H and O–H groups in total. The van der Waals surface area contributed by atoms with Gasteiger partial charge in [-0.1, -0.05) is 46.3 Å². The maximum absolute atomic E-state index is 12.8. The molecule has 0 atom stereocenters. The van der Waals surface area contributed by atoms with E-state index in [4.69, 9.17) is 9.47 Å². The number of halogens is 1. The highest BCUT2D eigenvalue weighted by molar-refractivity contribution is 9.10. The molecular formula is C23H29BrN2O4. The Labute approximate surface area is 186 Å². The third-order valence-electron chi connectivity index (χ3n) is 4.22. The predicted molar refractivity (Wildman–Crippen MR) is 121 cm³/mol. The van der Waals surface area contributed by atoms with Crippen LogP contribution in [0, 0.1) is 0 Å². The molecule has 2 rings (SSSR count). The standard InChI is InChI=1S/C23H29BrN2O4/c1-23(2,3)25-22(28)30-14-13-26(15-17-9-11-18(29-4)12-10-17)16-21(27)19-7-5-6-8-20(19)24/h5-12H,13-16H2,1-4H3,(H,25,28). The minimum atomic E-state index is -0.468. The maximum atomic E-state index is 12.8. The van der Waals surface area contributed by atoms with E-state index in [9.17, 15) is 9.59 Å². The van der Waals surface area contributed by atoms with Gasteiger partial charge in [-0.2, -0.15) is 0 Å². The van der Waals surface area contributed by atoms with Gasteiger partial charge >= 0.3 is 6.09 Å². The van der Waals surface area contributed by atoms with Crippen molar-refractivity contribution in [3.05, 3.63) is 64.1 Å². The quantitative estimate of drug-likeness (QED) is 0.532. The molecule has 0 bridgehead atoms. The number of nitrogens with zero attached hydrogens (tertiary/aromatic N) is 1. The normalized spacial score (nSPS) is 11.3. The Kier molecular flexibility index (Phi) is 8.87. The number of hydrogen-bond donors (Lipinski definition) is 1. The summed E-state index contributed by atoms with van der Waals surface area (Å²) in [4.78, 5) is 26.7. The molecule has 30 heavy (non-hydrogen) atoms. The van der Waals surface area contributed by atoms with Crippen LogP contribution in [0.5, 0.6) is 5.75 Å². The Morgan fingerprint density at radius 1 is 1.07 bits per heavy atom. The SMILES string of the molecule is COc1ccc(CN(CCOC(=O)NC(C)(C)C)CC(=O)c2ccccc2Br)cc1. The van der Waals surface area contributed by atoms with Crippen molar-refractivity contribution in [3.63, 3.8) is 0 Å². The summed E-state index contributed by atoms with van der Waals surface area (Å²) in [6.07, 6.45) is -0.468. The van der Waals surface area contributed by atoms with Crippen LogP contribution in [-0.2, 0) is 11.3 Å². The fourth-order valence-corrected chi connectivity index (χ4v) is 3.29. The van der Waals surface area contributed by atoms with E-state index in [0.717, 1.165) is 15.8 Å². The molecule has 0 fully saturated rings. The van der Waals surface area contributed by atoms with Gasteiger partial charge in [0.25, 0.3) is 0 Å². The molecular weight excluding hydrogens is 448 g/mol. The van der Waals surface area contributed by atoms with Gasteiger partial charge < -0.3 is 14.8 Å². The van der Waals surface area contributed by atoms with Gasteiger partial charge in [-0.25, -0.2) is 4.79 Å². The van der Waals surface area contributed by atoms with Crippen molar-refractivity contribution >= 4 is 27.8 Å². The van der Waals surface area contributed by atoms with Crippen LogP contribution in [0.25, 0.3) is 0 Å². The molecule has 0 saturated heterocycles. The Balaban J connectivity index is 2.04. The lowest BCUT2D eigenvalue weighted by Crippen LogP contribution is -2.42. The van der Waals surface area contributed by atoms with Crippen LogP contribution in [0.4, 0.5) is 4.79 Å². The molecule has 1 amide bonds. The number of hydrogen-bond acceptors (Lipinski definition) is 5. The molecule has 7 heteroatoms. The number of methoxy groups -OCH3 is 1. The molecule has 0 heterocycles. The molecule has 0 spiro atoms. The Hall–Kier alpha value is -2.38. The fraction of sp³-hybridized carbons (Fsp3) is 0.391. The molecule has 0 unspecified atom stereocenters. The molecule has 0 aliphatic carbocycles. The molecule has 2 aromatic rings. The predicted octanol–water partition coefficient (Wildman–Crippen LogP) is 4.67. The molecule has 0 saturated carbocycles. The first-order valence-electron chi connectivity index (χ1n) is 9.76. The average Bonchev–Trinajstić information content (AvgIpc) is 2.67. The number of carbonyl (C=O) groups is 2. The average molecular weight is 477 g/mol. The minimum Gasteiger partial charge on any atom is -0.497 e. The van der Waals surface area contributed by atoms with E-state index in [1.807, 2.05) is 68.1 Å². The van der Waals surface area contributed by atoms with Crippen LogP contribution in [-0.4, -0.2) is 49.1 Å². The largest absolute Gasteiger partial charge is 0.497 e. The van der Waals surface area contributed by atoms with Crippen molar-refractivity contribution in [2.24, 2.45) is 0 Å². The topological polar surface area (TPSA) is 67.9 Å². The second-order valence-electron chi connectivity index (χ2n) is 7.97. The number of amides is 1. The second-order valence-corrected chi connectivity index (χ2v) is 8.83. The summed E-state index contributed by atoms with van der Waals surface area (Å²) in [5, 5.41) is 2.76. The van der Waals surface area contributed by atoms with E-state index >= 15 is 0 Å². The lowest BCUT2D eigenvalue weighted by Gasteiger charge is -2.23. The van der Waals surface area contributed by atoms with Crippen molar-refractivity contribution in [2.75, 3.05) is 26.8 Å². The number of alkyl carbamates (subject to hydrolysis) is 1. The summed E-state index contributed by atoms with van der Waals surface area (Å²) in [5.74, 6) is 0.770. The lowest BCUT2D eigenvalue weighted by atomic mass is 10.1. The Bertz CT molecular complexity index is 847. The van der Waals surface area contributed by atoms with Crippen LogP contribution >= 0.6 is 15.9 Å². The number of ketones is 1. The third-order valence-corrected chi connectivity index (χ3v) is 4.92. The molecule has 0 aromatic heterocycles. The van der Waals surface area contributed by atoms with Crippen LogP contribution in [0.1, 0.15) is 36.7 Å². The summed E-state index contributed by atoms with van der Waals surface area (Å²) < 4.78 is 11.3. The second kappa shape index (κ2) is 11.1.